The maximum Gasteiger partial charge on any atom is 0.269 e. The Morgan fingerprint density at radius 2 is 1.92 bits per heavy atom. The average Bonchev–Trinajstić information content (AvgIpc) is 3.19. The molecule has 0 aliphatic carbocycles. The Morgan fingerprint density at radius 1 is 1.12 bits per heavy atom. The number of Topliss-reactive ketones (excluding diaryl/α,β-unsaturated/α-hetero) is 1. The summed E-state index contributed by atoms with van der Waals surface area (Å²) in [5, 5.41) is 9.30. The molecule has 0 unspecified atom stereocenters. The Kier molecular flexibility index (Phi) is 5.53. The van der Waals surface area contributed by atoms with Crippen LogP contribution >= 0.6 is 0 Å². The number of benzene rings is 1. The minimum Gasteiger partial charge on any atom is -0.354 e. The third-order valence-electron chi connectivity index (χ3n) is 4.07. The molecule has 0 bridgehead atoms. The normalized spacial score (nSPS) is 10.5. The molecule has 132 valence electrons. The van der Waals surface area contributed by atoms with Gasteiger partial charge >= 0.3 is 0 Å². The molecule has 0 aliphatic heterocycles. The molecule has 6 heteroatoms. The molecule has 3 rings (SSSR count). The number of hydrogen-bond donors (Lipinski definition) is 2. The monoisotopic (exact) mass is 348 g/mol. The molecule has 1 amide bonds. The Morgan fingerprint density at radius 3 is 2.62 bits per heavy atom. The van der Waals surface area contributed by atoms with Crippen molar-refractivity contribution in [1.29, 1.82) is 0 Å². The fourth-order valence-corrected chi connectivity index (χ4v) is 2.71. The van der Waals surface area contributed by atoms with Crippen LogP contribution in [0, 0.1) is 0 Å². The van der Waals surface area contributed by atoms with Crippen LogP contribution in [0.5, 0.6) is 0 Å². The summed E-state index contributed by atoms with van der Waals surface area (Å²) < 4.78 is 0. The van der Waals surface area contributed by atoms with E-state index in [9.17, 15) is 9.59 Å². The molecule has 6 nitrogen and oxygen atoms in total. The van der Waals surface area contributed by atoms with Crippen molar-refractivity contribution in [2.75, 3.05) is 7.05 Å². The van der Waals surface area contributed by atoms with Gasteiger partial charge in [0.05, 0.1) is 0 Å². The number of carbonyl (C=O) groups is 2. The summed E-state index contributed by atoms with van der Waals surface area (Å²) in [4.78, 5) is 29.1. The molecule has 0 spiro atoms. The zero-order chi connectivity index (χ0) is 18.4. The summed E-state index contributed by atoms with van der Waals surface area (Å²) in [6.45, 7) is 0. The molecule has 2 heterocycles. The van der Waals surface area contributed by atoms with E-state index in [1.54, 1.807) is 25.4 Å². The van der Waals surface area contributed by atoms with E-state index in [0.29, 0.717) is 30.5 Å². The van der Waals surface area contributed by atoms with Crippen LogP contribution < -0.4 is 5.32 Å². The highest BCUT2D eigenvalue weighted by molar-refractivity contribution is 5.99. The lowest BCUT2D eigenvalue weighted by Crippen LogP contribution is -2.20. The summed E-state index contributed by atoms with van der Waals surface area (Å²) in [5.74, 6) is -0.330. The van der Waals surface area contributed by atoms with Gasteiger partial charge in [-0.25, -0.2) is 4.98 Å². The summed E-state index contributed by atoms with van der Waals surface area (Å²) in [5.41, 5.74) is 3.44. The second-order valence-electron chi connectivity index (χ2n) is 5.98. The van der Waals surface area contributed by atoms with Crippen LogP contribution in [0.1, 0.15) is 44.2 Å². The van der Waals surface area contributed by atoms with E-state index < -0.39 is 0 Å². The Labute approximate surface area is 151 Å². The second kappa shape index (κ2) is 8.20. The Hall–Kier alpha value is -3.28. The molecule has 0 fully saturated rings. The highest BCUT2D eigenvalue weighted by Gasteiger charge is 2.14. The van der Waals surface area contributed by atoms with Crippen molar-refractivity contribution >= 4 is 11.7 Å². The molecule has 2 aromatic heterocycles. The zero-order valence-corrected chi connectivity index (χ0v) is 14.5. The number of ketones is 1. The molecule has 26 heavy (non-hydrogen) atoms. The van der Waals surface area contributed by atoms with Crippen molar-refractivity contribution in [2.45, 2.75) is 19.3 Å². The first-order chi connectivity index (χ1) is 12.7. The Bertz CT molecular complexity index is 889. The smallest absolute Gasteiger partial charge is 0.269 e. The first-order valence-electron chi connectivity index (χ1n) is 8.44. The number of carbonyl (C=O) groups excluding carboxylic acids is 2. The zero-order valence-electron chi connectivity index (χ0n) is 14.5. The van der Waals surface area contributed by atoms with Gasteiger partial charge in [0, 0.05) is 43.0 Å². The van der Waals surface area contributed by atoms with E-state index in [-0.39, 0.29) is 17.4 Å². The molecule has 0 saturated carbocycles. The van der Waals surface area contributed by atoms with Crippen LogP contribution in [0.15, 0.2) is 54.7 Å². The standard InChI is InChI=1S/C20H20N4O2/c1-21-20(26)18-13-15(19(25)8-7-16-9-10-22-24-16)12-17(23-18)11-14-5-3-2-4-6-14/h2-6,9-10,12-13H,7-8,11H2,1H3,(H,21,26)(H,22,24). The van der Waals surface area contributed by atoms with Crippen molar-refractivity contribution in [1.82, 2.24) is 20.5 Å². The maximum atomic E-state index is 12.6. The Balaban J connectivity index is 1.84. The molecule has 2 N–H and O–H groups in total. The van der Waals surface area contributed by atoms with E-state index in [2.05, 4.69) is 20.5 Å². The molecule has 0 radical (unpaired) electrons. The number of aromatic amines is 1. The van der Waals surface area contributed by atoms with Gasteiger partial charge < -0.3 is 5.32 Å². The predicted octanol–water partition coefficient (Wildman–Crippen LogP) is 2.57. The molecule has 0 atom stereocenters. The van der Waals surface area contributed by atoms with Crippen LogP contribution in [0.25, 0.3) is 0 Å². The molecule has 0 saturated heterocycles. The summed E-state index contributed by atoms with van der Waals surface area (Å²) in [6, 6.07) is 15.0. The highest BCUT2D eigenvalue weighted by Crippen LogP contribution is 2.14. The number of H-pyrrole nitrogens is 1. The topological polar surface area (TPSA) is 87.7 Å². The fraction of sp³-hybridized carbons (Fsp3) is 0.200. The van der Waals surface area contributed by atoms with Gasteiger partial charge in [-0.2, -0.15) is 5.10 Å². The number of nitrogens with zero attached hydrogens (tertiary/aromatic N) is 2. The third-order valence-corrected chi connectivity index (χ3v) is 4.07. The van der Waals surface area contributed by atoms with Gasteiger partial charge in [0.1, 0.15) is 5.69 Å². The number of pyridine rings is 1. The molecular formula is C20H20N4O2. The van der Waals surface area contributed by atoms with Crippen molar-refractivity contribution in [3.8, 4) is 0 Å². The van der Waals surface area contributed by atoms with Crippen LogP contribution in [-0.2, 0) is 12.8 Å². The third kappa shape index (κ3) is 4.42. The minimum absolute atomic E-state index is 0.0264. The largest absolute Gasteiger partial charge is 0.354 e. The maximum absolute atomic E-state index is 12.6. The second-order valence-corrected chi connectivity index (χ2v) is 5.98. The van der Waals surface area contributed by atoms with Crippen LogP contribution in [0.2, 0.25) is 0 Å². The summed E-state index contributed by atoms with van der Waals surface area (Å²) in [7, 11) is 1.55. The molecule has 0 aliphatic rings. The number of aryl methyl sites for hydroxylation is 1. The van der Waals surface area contributed by atoms with E-state index in [0.717, 1.165) is 11.3 Å². The summed E-state index contributed by atoms with van der Waals surface area (Å²) >= 11 is 0. The minimum atomic E-state index is -0.303. The number of aromatic nitrogens is 3. The van der Waals surface area contributed by atoms with Crippen LogP contribution in [0.4, 0.5) is 0 Å². The SMILES string of the molecule is CNC(=O)c1cc(C(=O)CCc2ccn[nH]2)cc(Cc2ccccc2)n1. The first kappa shape index (κ1) is 17.5. The quantitative estimate of drug-likeness (QED) is 0.642. The summed E-state index contributed by atoms with van der Waals surface area (Å²) in [6.07, 6.45) is 3.13. The number of amides is 1. The van der Waals surface area contributed by atoms with Crippen LogP contribution in [-0.4, -0.2) is 33.9 Å². The van der Waals surface area contributed by atoms with Crippen molar-refractivity contribution < 1.29 is 9.59 Å². The molecular weight excluding hydrogens is 328 g/mol. The van der Waals surface area contributed by atoms with Crippen molar-refractivity contribution in [3.63, 3.8) is 0 Å². The highest BCUT2D eigenvalue weighted by atomic mass is 16.1. The number of rotatable bonds is 7. The van der Waals surface area contributed by atoms with Gasteiger partial charge in [-0.15, -0.1) is 0 Å². The lowest BCUT2D eigenvalue weighted by molar-refractivity contribution is 0.0958. The van der Waals surface area contributed by atoms with Gasteiger partial charge in [-0.05, 0) is 30.2 Å². The number of hydrogen-bond acceptors (Lipinski definition) is 4. The average molecular weight is 348 g/mol. The van der Waals surface area contributed by atoms with Gasteiger partial charge in [0.15, 0.2) is 5.78 Å². The van der Waals surface area contributed by atoms with E-state index in [4.69, 9.17) is 0 Å². The van der Waals surface area contributed by atoms with E-state index in [1.165, 1.54) is 0 Å². The molecule has 1 aromatic carbocycles. The fourth-order valence-electron chi connectivity index (χ4n) is 2.71. The van der Waals surface area contributed by atoms with Crippen molar-refractivity contribution in [3.05, 3.63) is 82.9 Å². The van der Waals surface area contributed by atoms with Gasteiger partial charge in [-0.3, -0.25) is 14.7 Å². The molecule has 3 aromatic rings. The van der Waals surface area contributed by atoms with Gasteiger partial charge in [-0.1, -0.05) is 30.3 Å². The first-order valence-corrected chi connectivity index (χ1v) is 8.44. The number of nitrogens with one attached hydrogen (secondary N) is 2. The lowest BCUT2D eigenvalue weighted by Gasteiger charge is -2.08. The van der Waals surface area contributed by atoms with Crippen molar-refractivity contribution in [2.24, 2.45) is 0 Å². The van der Waals surface area contributed by atoms with Gasteiger partial charge in [0.25, 0.3) is 5.91 Å². The van der Waals surface area contributed by atoms with E-state index in [1.807, 2.05) is 36.4 Å². The van der Waals surface area contributed by atoms with E-state index >= 15 is 0 Å². The van der Waals surface area contributed by atoms with Gasteiger partial charge in [0.2, 0.25) is 0 Å². The predicted molar refractivity (Wildman–Crippen MR) is 98.1 cm³/mol. The van der Waals surface area contributed by atoms with Crippen LogP contribution in [0.3, 0.4) is 0 Å². The lowest BCUT2D eigenvalue weighted by atomic mass is 10.0.